The third kappa shape index (κ3) is 4.79. The molecule has 1 aromatic carbocycles. The zero-order valence-corrected chi connectivity index (χ0v) is 16.6. The third-order valence-corrected chi connectivity index (χ3v) is 5.63. The molecule has 0 saturated carbocycles. The van der Waals surface area contributed by atoms with Crippen molar-refractivity contribution >= 4 is 5.91 Å². The molecule has 150 valence electrons. The van der Waals surface area contributed by atoms with Crippen molar-refractivity contribution < 1.29 is 9.21 Å². The van der Waals surface area contributed by atoms with E-state index in [0.717, 1.165) is 58.9 Å². The molecule has 0 unspecified atom stereocenters. The van der Waals surface area contributed by atoms with Crippen molar-refractivity contribution in [3.63, 3.8) is 0 Å². The predicted molar refractivity (Wildman–Crippen MR) is 107 cm³/mol. The van der Waals surface area contributed by atoms with Crippen LogP contribution in [0.1, 0.15) is 21.9 Å². The summed E-state index contributed by atoms with van der Waals surface area (Å²) in [6.45, 7) is 9.00. The highest BCUT2D eigenvalue weighted by Gasteiger charge is 2.24. The zero-order valence-electron chi connectivity index (χ0n) is 16.6. The summed E-state index contributed by atoms with van der Waals surface area (Å²) in [5, 5.41) is 0. The Bertz CT molecular complexity index is 762. The van der Waals surface area contributed by atoms with Crippen LogP contribution >= 0.6 is 0 Å². The number of hydrogen-bond acceptors (Lipinski definition) is 6. The van der Waals surface area contributed by atoms with E-state index in [4.69, 9.17) is 4.42 Å². The van der Waals surface area contributed by atoms with Gasteiger partial charge in [-0.2, -0.15) is 0 Å². The number of carbonyl (C=O) groups is 1. The molecule has 2 saturated heterocycles. The minimum Gasteiger partial charge on any atom is -0.447 e. The van der Waals surface area contributed by atoms with Gasteiger partial charge in [-0.15, -0.1) is 0 Å². The molecular weight excluding hydrogens is 354 g/mol. The van der Waals surface area contributed by atoms with Gasteiger partial charge < -0.3 is 14.2 Å². The van der Waals surface area contributed by atoms with Crippen LogP contribution in [0.3, 0.4) is 0 Å². The average Bonchev–Trinajstić information content (AvgIpc) is 3.19. The number of benzene rings is 1. The minimum absolute atomic E-state index is 0.0178. The quantitative estimate of drug-likeness (QED) is 0.778. The van der Waals surface area contributed by atoms with Crippen LogP contribution in [0.2, 0.25) is 0 Å². The maximum absolute atomic E-state index is 12.6. The molecule has 0 atom stereocenters. The normalized spacial score (nSPS) is 19.8. The highest BCUT2D eigenvalue weighted by Crippen LogP contribution is 2.13. The Labute approximate surface area is 166 Å². The first kappa shape index (κ1) is 19.1. The highest BCUT2D eigenvalue weighted by molar-refractivity contribution is 5.92. The van der Waals surface area contributed by atoms with Crippen molar-refractivity contribution in [3.8, 4) is 0 Å². The number of aromatic nitrogens is 1. The monoisotopic (exact) mass is 383 g/mol. The molecule has 28 heavy (non-hydrogen) atoms. The second kappa shape index (κ2) is 8.86. The van der Waals surface area contributed by atoms with Gasteiger partial charge in [0.2, 0.25) is 5.89 Å². The Morgan fingerprint density at radius 2 is 1.57 bits per heavy atom. The summed E-state index contributed by atoms with van der Waals surface area (Å²) in [6.07, 6.45) is 1.52. The van der Waals surface area contributed by atoms with Gasteiger partial charge in [0, 0.05) is 58.9 Å². The lowest BCUT2D eigenvalue weighted by atomic mass is 10.2. The summed E-state index contributed by atoms with van der Waals surface area (Å²) in [6, 6.07) is 10.6. The Kier molecular flexibility index (Phi) is 6.04. The molecule has 4 rings (SSSR count). The van der Waals surface area contributed by atoms with Crippen molar-refractivity contribution in [1.82, 2.24) is 24.6 Å². The highest BCUT2D eigenvalue weighted by atomic mass is 16.3. The van der Waals surface area contributed by atoms with E-state index in [-0.39, 0.29) is 5.91 Å². The lowest BCUT2D eigenvalue weighted by molar-refractivity contribution is 0.0658. The Hall–Kier alpha value is -2.22. The summed E-state index contributed by atoms with van der Waals surface area (Å²) in [5.74, 6) is 0.616. The van der Waals surface area contributed by atoms with Gasteiger partial charge in [0.1, 0.15) is 6.26 Å². The first-order chi connectivity index (χ1) is 13.7. The van der Waals surface area contributed by atoms with Crippen molar-refractivity contribution in [2.75, 3.05) is 59.4 Å². The van der Waals surface area contributed by atoms with Crippen LogP contribution in [-0.4, -0.2) is 89.9 Å². The van der Waals surface area contributed by atoms with Crippen molar-refractivity contribution in [3.05, 3.63) is 53.7 Å². The molecular formula is C21H29N5O2. The third-order valence-electron chi connectivity index (χ3n) is 5.63. The van der Waals surface area contributed by atoms with Crippen LogP contribution in [0.25, 0.3) is 0 Å². The van der Waals surface area contributed by atoms with E-state index in [1.165, 1.54) is 11.8 Å². The maximum atomic E-state index is 12.6. The summed E-state index contributed by atoms with van der Waals surface area (Å²) in [7, 11) is 2.08. The van der Waals surface area contributed by atoms with E-state index >= 15 is 0 Å². The van der Waals surface area contributed by atoms with Crippen molar-refractivity contribution in [1.29, 1.82) is 0 Å². The predicted octanol–water partition coefficient (Wildman–Crippen LogP) is 1.38. The molecule has 1 amide bonds. The fraction of sp³-hybridized carbons (Fsp3) is 0.524. The van der Waals surface area contributed by atoms with Crippen LogP contribution < -0.4 is 0 Å². The topological polar surface area (TPSA) is 56.1 Å². The largest absolute Gasteiger partial charge is 0.447 e. The summed E-state index contributed by atoms with van der Waals surface area (Å²) < 4.78 is 5.60. The SMILES string of the molecule is CN1CCN(C(=O)c2coc(CN3CCN(Cc4ccccc4)CC3)n2)CC1. The van der Waals surface area contributed by atoms with E-state index in [9.17, 15) is 4.79 Å². The molecule has 0 bridgehead atoms. The van der Waals surface area contributed by atoms with E-state index in [0.29, 0.717) is 18.1 Å². The minimum atomic E-state index is -0.0178. The van der Waals surface area contributed by atoms with Gasteiger partial charge in [0.05, 0.1) is 6.54 Å². The molecule has 2 aromatic rings. The number of likely N-dealkylation sites (N-methyl/N-ethyl adjacent to an activating group) is 1. The molecule has 3 heterocycles. The van der Waals surface area contributed by atoms with Gasteiger partial charge in [-0.25, -0.2) is 4.98 Å². The van der Waals surface area contributed by atoms with Gasteiger partial charge in [-0.3, -0.25) is 14.6 Å². The van der Waals surface area contributed by atoms with Crippen molar-refractivity contribution in [2.45, 2.75) is 13.1 Å². The van der Waals surface area contributed by atoms with Crippen LogP contribution in [0, 0.1) is 0 Å². The number of carbonyl (C=O) groups excluding carboxylic acids is 1. The molecule has 1 aromatic heterocycles. The summed E-state index contributed by atoms with van der Waals surface area (Å²) in [5.41, 5.74) is 1.79. The number of nitrogens with zero attached hydrogens (tertiary/aromatic N) is 5. The molecule has 7 heteroatoms. The zero-order chi connectivity index (χ0) is 19.3. The summed E-state index contributed by atoms with van der Waals surface area (Å²) >= 11 is 0. The van der Waals surface area contributed by atoms with E-state index in [2.05, 4.69) is 57.1 Å². The molecule has 2 fully saturated rings. The lowest BCUT2D eigenvalue weighted by Gasteiger charge is -2.34. The lowest BCUT2D eigenvalue weighted by Crippen LogP contribution is -2.47. The summed E-state index contributed by atoms with van der Waals surface area (Å²) in [4.78, 5) is 26.0. The molecule has 0 radical (unpaired) electrons. The van der Waals surface area contributed by atoms with Crippen LogP contribution in [0.4, 0.5) is 0 Å². The maximum Gasteiger partial charge on any atom is 0.275 e. The molecule has 0 N–H and O–H groups in total. The van der Waals surface area contributed by atoms with Gasteiger partial charge in [0.15, 0.2) is 5.69 Å². The standard InChI is InChI=1S/C21H29N5O2/c1-23-7-13-26(14-8-23)21(27)19-17-28-20(22-19)16-25-11-9-24(10-12-25)15-18-5-3-2-4-6-18/h2-6,17H,7-16H2,1H3. The Morgan fingerprint density at radius 3 is 2.25 bits per heavy atom. The first-order valence-electron chi connectivity index (χ1n) is 10.1. The molecule has 0 spiro atoms. The van der Waals surface area contributed by atoms with Gasteiger partial charge >= 0.3 is 0 Å². The van der Waals surface area contributed by atoms with Crippen LogP contribution in [0.15, 0.2) is 41.0 Å². The molecule has 7 nitrogen and oxygen atoms in total. The van der Waals surface area contributed by atoms with Crippen LogP contribution in [-0.2, 0) is 13.1 Å². The smallest absolute Gasteiger partial charge is 0.275 e. The van der Waals surface area contributed by atoms with E-state index in [1.807, 2.05) is 4.90 Å². The number of rotatable bonds is 5. The second-order valence-electron chi connectivity index (χ2n) is 7.76. The van der Waals surface area contributed by atoms with Crippen molar-refractivity contribution in [2.24, 2.45) is 0 Å². The fourth-order valence-corrected chi connectivity index (χ4v) is 3.79. The van der Waals surface area contributed by atoms with E-state index in [1.54, 1.807) is 0 Å². The van der Waals surface area contributed by atoms with Gasteiger partial charge in [0.25, 0.3) is 5.91 Å². The van der Waals surface area contributed by atoms with Gasteiger partial charge in [-0.05, 0) is 12.6 Å². The molecule has 2 aliphatic rings. The Morgan fingerprint density at radius 1 is 0.929 bits per heavy atom. The average molecular weight is 383 g/mol. The number of amides is 1. The number of oxazole rings is 1. The van der Waals surface area contributed by atoms with E-state index < -0.39 is 0 Å². The van der Waals surface area contributed by atoms with Gasteiger partial charge in [-0.1, -0.05) is 30.3 Å². The number of piperazine rings is 2. The molecule has 2 aliphatic heterocycles. The fourth-order valence-electron chi connectivity index (χ4n) is 3.79. The molecule has 0 aliphatic carbocycles. The number of hydrogen-bond donors (Lipinski definition) is 0. The Balaban J connectivity index is 1.25. The first-order valence-corrected chi connectivity index (χ1v) is 10.1. The van der Waals surface area contributed by atoms with Crippen LogP contribution in [0.5, 0.6) is 0 Å². The second-order valence-corrected chi connectivity index (χ2v) is 7.76.